The smallest absolute Gasteiger partial charge is 0.181 e. The molecule has 0 aliphatic carbocycles. The molecule has 0 amide bonds. The summed E-state index contributed by atoms with van der Waals surface area (Å²) in [5, 5.41) is 4.30. The molecule has 3 nitrogen and oxygen atoms in total. The monoisotopic (exact) mass is 336 g/mol. The molecule has 1 N–H and O–H groups in total. The fourth-order valence-corrected chi connectivity index (χ4v) is 2.94. The average molecular weight is 337 g/mol. The molecule has 0 bridgehead atoms. The first-order valence-corrected chi connectivity index (χ1v) is 7.97. The highest BCUT2D eigenvalue weighted by molar-refractivity contribution is 9.10. The lowest BCUT2D eigenvalue weighted by Crippen LogP contribution is -2.35. The Kier molecular flexibility index (Phi) is 5.00. The minimum absolute atomic E-state index is 0.102. The molecule has 1 heterocycles. The van der Waals surface area contributed by atoms with Crippen molar-refractivity contribution in [2.24, 2.45) is 0 Å². The number of carbonyl (C=O) groups is 1. The molecule has 0 radical (unpaired) electrons. The normalized spacial score (nSPS) is 12.8. The Morgan fingerprint density at radius 3 is 2.70 bits per heavy atom. The van der Waals surface area contributed by atoms with E-state index in [0.29, 0.717) is 0 Å². The second kappa shape index (κ2) is 6.55. The summed E-state index contributed by atoms with van der Waals surface area (Å²) in [7, 11) is 0. The van der Waals surface area contributed by atoms with Gasteiger partial charge in [0.2, 0.25) is 0 Å². The zero-order valence-electron chi connectivity index (χ0n) is 12.2. The van der Waals surface area contributed by atoms with Gasteiger partial charge in [0.05, 0.1) is 6.04 Å². The van der Waals surface area contributed by atoms with Crippen molar-refractivity contribution in [3.63, 3.8) is 0 Å². The van der Waals surface area contributed by atoms with E-state index in [2.05, 4.69) is 38.8 Å². The number of Topliss-reactive ketones (excluding diaryl/α,β-unsaturated/α-hetero) is 1. The molecule has 1 aromatic heterocycles. The summed E-state index contributed by atoms with van der Waals surface area (Å²) in [4.78, 5) is 12.7. The minimum atomic E-state index is -0.102. The summed E-state index contributed by atoms with van der Waals surface area (Å²) in [5.74, 6) is 0.185. The van der Waals surface area contributed by atoms with Crippen molar-refractivity contribution in [2.45, 2.75) is 39.8 Å². The van der Waals surface area contributed by atoms with Crippen molar-refractivity contribution in [3.05, 3.63) is 34.4 Å². The first kappa shape index (κ1) is 15.3. The lowest BCUT2D eigenvalue weighted by atomic mass is 10.0. The van der Waals surface area contributed by atoms with Gasteiger partial charge < -0.3 is 9.88 Å². The van der Waals surface area contributed by atoms with Crippen LogP contribution in [-0.4, -0.2) is 22.9 Å². The standard InChI is InChI=1S/C16H21BrN2O/c1-4-14(18-5-2)16(20)13-10-19(6-3)15-8-7-11(17)9-12(13)15/h7-10,14,18H,4-6H2,1-3H3. The number of hydrogen-bond acceptors (Lipinski definition) is 2. The van der Waals surface area contributed by atoms with Gasteiger partial charge in [-0.2, -0.15) is 0 Å². The molecule has 1 unspecified atom stereocenters. The lowest BCUT2D eigenvalue weighted by Gasteiger charge is -2.13. The van der Waals surface area contributed by atoms with Crippen LogP contribution < -0.4 is 5.32 Å². The van der Waals surface area contributed by atoms with Crippen LogP contribution in [0.25, 0.3) is 10.9 Å². The quantitative estimate of drug-likeness (QED) is 0.809. The maximum atomic E-state index is 12.7. The Morgan fingerprint density at radius 1 is 1.35 bits per heavy atom. The van der Waals surface area contributed by atoms with Gasteiger partial charge in [0.15, 0.2) is 5.78 Å². The maximum absolute atomic E-state index is 12.7. The third-order valence-corrected chi connectivity index (χ3v) is 4.12. The van der Waals surface area contributed by atoms with E-state index in [9.17, 15) is 4.79 Å². The molecule has 0 fully saturated rings. The van der Waals surface area contributed by atoms with Crippen LogP contribution in [0.4, 0.5) is 0 Å². The predicted molar refractivity (Wildman–Crippen MR) is 87.4 cm³/mol. The highest BCUT2D eigenvalue weighted by Crippen LogP contribution is 2.26. The van der Waals surface area contributed by atoms with Gasteiger partial charge in [0.1, 0.15) is 0 Å². The van der Waals surface area contributed by atoms with Crippen LogP contribution in [0.5, 0.6) is 0 Å². The van der Waals surface area contributed by atoms with Crippen LogP contribution in [0.2, 0.25) is 0 Å². The average Bonchev–Trinajstić information content (AvgIpc) is 2.81. The molecule has 0 saturated carbocycles. The number of nitrogens with one attached hydrogen (secondary N) is 1. The summed E-state index contributed by atoms with van der Waals surface area (Å²) in [6.07, 6.45) is 2.79. The van der Waals surface area contributed by atoms with Crippen molar-refractivity contribution < 1.29 is 4.79 Å². The Morgan fingerprint density at radius 2 is 2.10 bits per heavy atom. The summed E-state index contributed by atoms with van der Waals surface area (Å²) >= 11 is 3.50. The first-order valence-electron chi connectivity index (χ1n) is 7.18. The molecule has 0 spiro atoms. The zero-order chi connectivity index (χ0) is 14.7. The van der Waals surface area contributed by atoms with Gasteiger partial charge in [-0.3, -0.25) is 4.79 Å². The van der Waals surface area contributed by atoms with E-state index in [-0.39, 0.29) is 11.8 Å². The zero-order valence-corrected chi connectivity index (χ0v) is 13.8. The van der Waals surface area contributed by atoms with Crippen LogP contribution >= 0.6 is 15.9 Å². The van der Waals surface area contributed by atoms with E-state index in [1.165, 1.54) is 0 Å². The molecule has 0 saturated heterocycles. The molecule has 2 rings (SSSR count). The fraction of sp³-hybridized carbons (Fsp3) is 0.438. The molecule has 20 heavy (non-hydrogen) atoms. The van der Waals surface area contributed by atoms with E-state index in [1.807, 2.05) is 32.2 Å². The fourth-order valence-electron chi connectivity index (χ4n) is 2.58. The Bertz CT molecular complexity index is 618. The van der Waals surface area contributed by atoms with Gasteiger partial charge in [-0.25, -0.2) is 0 Å². The number of rotatable bonds is 6. The number of benzene rings is 1. The summed E-state index contributed by atoms with van der Waals surface area (Å²) in [6.45, 7) is 7.84. The van der Waals surface area contributed by atoms with Crippen LogP contribution in [0, 0.1) is 0 Å². The molecule has 1 aromatic carbocycles. The number of ketones is 1. The van der Waals surface area contributed by atoms with E-state index >= 15 is 0 Å². The van der Waals surface area contributed by atoms with Gasteiger partial charge in [-0.05, 0) is 38.1 Å². The van der Waals surface area contributed by atoms with Gasteiger partial charge >= 0.3 is 0 Å². The molecular weight excluding hydrogens is 316 g/mol. The Hall–Kier alpha value is -1.13. The topological polar surface area (TPSA) is 34.0 Å². The molecule has 0 aliphatic rings. The molecule has 0 aliphatic heterocycles. The molecule has 1 atom stereocenters. The number of fused-ring (bicyclic) bond motifs is 1. The van der Waals surface area contributed by atoms with Crippen molar-refractivity contribution in [2.75, 3.05) is 6.54 Å². The van der Waals surface area contributed by atoms with Crippen LogP contribution in [0.3, 0.4) is 0 Å². The lowest BCUT2D eigenvalue weighted by molar-refractivity contribution is 0.0943. The number of aromatic nitrogens is 1. The molecule has 4 heteroatoms. The van der Waals surface area contributed by atoms with Crippen molar-refractivity contribution in [1.29, 1.82) is 0 Å². The van der Waals surface area contributed by atoms with Crippen LogP contribution in [0.15, 0.2) is 28.9 Å². The Balaban J connectivity index is 2.53. The van der Waals surface area contributed by atoms with E-state index in [0.717, 1.165) is 40.4 Å². The van der Waals surface area contributed by atoms with Crippen molar-refractivity contribution in [3.8, 4) is 0 Å². The van der Waals surface area contributed by atoms with Crippen LogP contribution in [0.1, 0.15) is 37.6 Å². The number of carbonyl (C=O) groups excluding carboxylic acids is 1. The van der Waals surface area contributed by atoms with E-state index in [1.54, 1.807) is 0 Å². The number of hydrogen-bond donors (Lipinski definition) is 1. The number of aryl methyl sites for hydroxylation is 1. The third-order valence-electron chi connectivity index (χ3n) is 3.62. The third kappa shape index (κ3) is 2.81. The summed E-state index contributed by atoms with van der Waals surface area (Å²) < 4.78 is 3.14. The van der Waals surface area contributed by atoms with Gasteiger partial charge in [0, 0.05) is 33.7 Å². The first-order chi connectivity index (χ1) is 9.62. The molecule has 2 aromatic rings. The second-order valence-electron chi connectivity index (χ2n) is 4.87. The molecular formula is C16H21BrN2O. The maximum Gasteiger partial charge on any atom is 0.181 e. The minimum Gasteiger partial charge on any atom is -0.347 e. The SMILES string of the molecule is CCNC(CC)C(=O)c1cn(CC)c2ccc(Br)cc12. The number of nitrogens with zero attached hydrogens (tertiary/aromatic N) is 1. The van der Waals surface area contributed by atoms with E-state index < -0.39 is 0 Å². The van der Waals surface area contributed by atoms with Gasteiger partial charge in [0.25, 0.3) is 0 Å². The predicted octanol–water partition coefficient (Wildman–Crippen LogP) is 3.99. The van der Waals surface area contributed by atoms with Gasteiger partial charge in [-0.15, -0.1) is 0 Å². The second-order valence-corrected chi connectivity index (χ2v) is 5.79. The van der Waals surface area contributed by atoms with E-state index in [4.69, 9.17) is 0 Å². The number of halogens is 1. The van der Waals surface area contributed by atoms with Gasteiger partial charge in [-0.1, -0.05) is 29.8 Å². The van der Waals surface area contributed by atoms with Crippen molar-refractivity contribution >= 4 is 32.6 Å². The van der Waals surface area contributed by atoms with Crippen molar-refractivity contribution in [1.82, 2.24) is 9.88 Å². The Labute approximate surface area is 128 Å². The largest absolute Gasteiger partial charge is 0.347 e. The van der Waals surface area contributed by atoms with Crippen LogP contribution in [-0.2, 0) is 6.54 Å². The summed E-state index contributed by atoms with van der Waals surface area (Å²) in [6, 6.07) is 6.01. The summed E-state index contributed by atoms with van der Waals surface area (Å²) in [5.41, 5.74) is 1.93. The number of likely N-dealkylation sites (N-methyl/N-ethyl adjacent to an activating group) is 1. The highest BCUT2D eigenvalue weighted by Gasteiger charge is 2.21. The highest BCUT2D eigenvalue weighted by atomic mass is 79.9. The molecule has 108 valence electrons.